The molecule has 122 valence electrons. The van der Waals surface area contributed by atoms with Crippen molar-refractivity contribution in [3.8, 4) is 0 Å². The largest absolute Gasteiger partial charge is 0.359 e. The van der Waals surface area contributed by atoms with Crippen molar-refractivity contribution in [3.63, 3.8) is 0 Å². The first kappa shape index (κ1) is 15.8. The lowest BCUT2D eigenvalue weighted by Gasteiger charge is -2.40. The number of hydrogen-bond donors (Lipinski definition) is 1. The van der Waals surface area contributed by atoms with E-state index < -0.39 is 0 Å². The molecule has 1 aliphatic rings. The third kappa shape index (κ3) is 3.32. The Labute approximate surface area is 139 Å². The molecule has 6 nitrogen and oxygen atoms in total. The molecule has 0 aliphatic carbocycles. The summed E-state index contributed by atoms with van der Waals surface area (Å²) in [5, 5.41) is 7.30. The Morgan fingerprint density at radius 1 is 1.43 bits per heavy atom. The fourth-order valence-corrected chi connectivity index (χ4v) is 2.48. The fraction of sp³-hybridized carbons (Fsp3) is 0.438. The highest BCUT2D eigenvalue weighted by atomic mass is 35.5. The smallest absolute Gasteiger partial charge is 0.248 e. The molecule has 0 spiro atoms. The number of amides is 1. The summed E-state index contributed by atoms with van der Waals surface area (Å²) in [6, 6.07) is 5.10. The summed E-state index contributed by atoms with van der Waals surface area (Å²) < 4.78 is 5.28. The maximum atomic E-state index is 12.4. The van der Waals surface area contributed by atoms with E-state index in [0.29, 0.717) is 10.8 Å². The number of anilines is 2. The molecule has 0 unspecified atom stereocenters. The van der Waals surface area contributed by atoms with Crippen molar-refractivity contribution in [2.75, 3.05) is 16.8 Å². The van der Waals surface area contributed by atoms with Crippen LogP contribution < -0.4 is 10.2 Å². The molecule has 0 saturated carbocycles. The van der Waals surface area contributed by atoms with Gasteiger partial charge in [-0.1, -0.05) is 37.5 Å². The van der Waals surface area contributed by atoms with E-state index in [0.717, 1.165) is 24.5 Å². The molecular formula is C16H19ClN4O2. The van der Waals surface area contributed by atoms with Crippen LogP contribution in [0.1, 0.15) is 33.0 Å². The third-order valence-corrected chi connectivity index (χ3v) is 4.05. The summed E-state index contributed by atoms with van der Waals surface area (Å²) in [6.45, 7) is 6.87. The van der Waals surface area contributed by atoms with Crippen LogP contribution in [0.3, 0.4) is 0 Å². The predicted octanol–water partition coefficient (Wildman–Crippen LogP) is 3.24. The van der Waals surface area contributed by atoms with Crippen LogP contribution in [0.4, 0.5) is 11.6 Å². The molecule has 0 aromatic carbocycles. The van der Waals surface area contributed by atoms with Gasteiger partial charge in [0, 0.05) is 24.2 Å². The van der Waals surface area contributed by atoms with Crippen molar-refractivity contribution in [2.24, 2.45) is 0 Å². The van der Waals surface area contributed by atoms with Crippen molar-refractivity contribution in [3.05, 3.63) is 35.2 Å². The van der Waals surface area contributed by atoms with Crippen LogP contribution in [0.2, 0.25) is 5.02 Å². The van der Waals surface area contributed by atoms with Crippen molar-refractivity contribution in [2.45, 2.75) is 38.6 Å². The van der Waals surface area contributed by atoms with Gasteiger partial charge in [0.2, 0.25) is 5.91 Å². The molecule has 3 rings (SSSR count). The SMILES string of the molecule is CC(C)(C)c1cc(NC(=O)[C@@H]2CCN2c2ccc(Cl)cn2)no1. The average molecular weight is 335 g/mol. The minimum Gasteiger partial charge on any atom is -0.359 e. The number of halogens is 1. The fourth-order valence-electron chi connectivity index (χ4n) is 2.37. The van der Waals surface area contributed by atoms with E-state index >= 15 is 0 Å². The first-order chi connectivity index (χ1) is 10.8. The van der Waals surface area contributed by atoms with E-state index in [1.165, 1.54) is 0 Å². The molecular weight excluding hydrogens is 316 g/mol. The molecule has 2 aromatic heterocycles. The molecule has 3 heterocycles. The van der Waals surface area contributed by atoms with E-state index in [4.69, 9.17) is 16.1 Å². The van der Waals surface area contributed by atoms with Crippen molar-refractivity contribution < 1.29 is 9.32 Å². The van der Waals surface area contributed by atoms with Gasteiger partial charge in [0.1, 0.15) is 17.6 Å². The van der Waals surface area contributed by atoms with Crippen molar-refractivity contribution >= 4 is 29.1 Å². The van der Waals surface area contributed by atoms with Gasteiger partial charge in [-0.2, -0.15) is 0 Å². The first-order valence-corrected chi connectivity index (χ1v) is 7.88. The van der Waals surface area contributed by atoms with E-state index in [9.17, 15) is 4.79 Å². The van der Waals surface area contributed by atoms with Crippen LogP contribution in [0.25, 0.3) is 0 Å². The van der Waals surface area contributed by atoms with Crippen LogP contribution in [0.15, 0.2) is 28.9 Å². The summed E-state index contributed by atoms with van der Waals surface area (Å²) in [6.07, 6.45) is 2.36. The molecule has 1 aliphatic heterocycles. The Hall–Kier alpha value is -2.08. The highest BCUT2D eigenvalue weighted by Crippen LogP contribution is 2.28. The Bertz CT molecular complexity index is 706. The number of nitrogens with zero attached hydrogens (tertiary/aromatic N) is 3. The molecule has 0 bridgehead atoms. The van der Waals surface area contributed by atoms with Crippen LogP contribution in [0.5, 0.6) is 0 Å². The van der Waals surface area contributed by atoms with Gasteiger partial charge in [-0.3, -0.25) is 4.79 Å². The molecule has 1 amide bonds. The van der Waals surface area contributed by atoms with Gasteiger partial charge in [-0.15, -0.1) is 0 Å². The lowest BCUT2D eigenvalue weighted by molar-refractivity contribution is -0.118. The van der Waals surface area contributed by atoms with E-state index in [1.54, 1.807) is 18.3 Å². The summed E-state index contributed by atoms with van der Waals surface area (Å²) in [7, 11) is 0. The van der Waals surface area contributed by atoms with Crippen LogP contribution >= 0.6 is 11.6 Å². The summed E-state index contributed by atoms with van der Waals surface area (Å²) in [5.41, 5.74) is -0.147. The highest BCUT2D eigenvalue weighted by molar-refractivity contribution is 6.30. The normalized spacial score (nSPS) is 17.7. The zero-order chi connectivity index (χ0) is 16.6. The number of nitrogens with one attached hydrogen (secondary N) is 1. The molecule has 1 saturated heterocycles. The van der Waals surface area contributed by atoms with E-state index in [-0.39, 0.29) is 17.4 Å². The number of aromatic nitrogens is 2. The van der Waals surface area contributed by atoms with Crippen molar-refractivity contribution in [1.82, 2.24) is 10.1 Å². The monoisotopic (exact) mass is 334 g/mol. The molecule has 1 fully saturated rings. The molecule has 2 aromatic rings. The van der Waals surface area contributed by atoms with Crippen LogP contribution in [-0.2, 0) is 10.2 Å². The van der Waals surface area contributed by atoms with Gasteiger partial charge < -0.3 is 14.7 Å². The van der Waals surface area contributed by atoms with Crippen LogP contribution in [0, 0.1) is 0 Å². The topological polar surface area (TPSA) is 71.3 Å². The number of carbonyl (C=O) groups excluding carboxylic acids is 1. The molecule has 23 heavy (non-hydrogen) atoms. The first-order valence-electron chi connectivity index (χ1n) is 7.51. The summed E-state index contributed by atoms with van der Waals surface area (Å²) in [4.78, 5) is 18.6. The predicted molar refractivity (Wildman–Crippen MR) is 88.8 cm³/mol. The number of rotatable bonds is 3. The summed E-state index contributed by atoms with van der Waals surface area (Å²) in [5.74, 6) is 1.81. The van der Waals surface area contributed by atoms with E-state index in [2.05, 4.69) is 15.5 Å². The quantitative estimate of drug-likeness (QED) is 0.933. The van der Waals surface area contributed by atoms with Crippen molar-refractivity contribution in [1.29, 1.82) is 0 Å². The Morgan fingerprint density at radius 3 is 2.74 bits per heavy atom. The summed E-state index contributed by atoms with van der Waals surface area (Å²) >= 11 is 5.84. The highest BCUT2D eigenvalue weighted by Gasteiger charge is 2.35. The minimum absolute atomic E-state index is 0.109. The molecule has 1 atom stereocenters. The minimum atomic E-state index is -0.251. The van der Waals surface area contributed by atoms with Gasteiger partial charge >= 0.3 is 0 Å². The maximum absolute atomic E-state index is 12.4. The number of hydrogen-bond acceptors (Lipinski definition) is 5. The van der Waals surface area contributed by atoms with Gasteiger partial charge in [0.15, 0.2) is 5.82 Å². The third-order valence-electron chi connectivity index (χ3n) is 3.83. The van der Waals surface area contributed by atoms with Gasteiger partial charge in [-0.05, 0) is 18.6 Å². The lowest BCUT2D eigenvalue weighted by Crippen LogP contribution is -2.54. The Balaban J connectivity index is 1.66. The molecule has 1 N–H and O–H groups in total. The van der Waals surface area contributed by atoms with E-state index in [1.807, 2.05) is 31.7 Å². The molecule has 7 heteroatoms. The Morgan fingerprint density at radius 2 is 2.22 bits per heavy atom. The van der Waals surface area contributed by atoms with Crippen LogP contribution in [-0.4, -0.2) is 28.6 Å². The zero-order valence-electron chi connectivity index (χ0n) is 13.3. The lowest BCUT2D eigenvalue weighted by atomic mass is 9.93. The second-order valence-corrected chi connectivity index (χ2v) is 7.08. The average Bonchev–Trinajstić information content (AvgIpc) is 2.88. The maximum Gasteiger partial charge on any atom is 0.248 e. The number of pyridine rings is 1. The molecule has 0 radical (unpaired) electrons. The van der Waals surface area contributed by atoms with Gasteiger partial charge in [-0.25, -0.2) is 4.98 Å². The number of carbonyl (C=O) groups is 1. The van der Waals surface area contributed by atoms with Gasteiger partial charge in [0.25, 0.3) is 0 Å². The van der Waals surface area contributed by atoms with Gasteiger partial charge in [0.05, 0.1) is 5.02 Å². The standard InChI is InChI=1S/C16H19ClN4O2/c1-16(2,3)12-8-13(20-23-12)19-15(22)11-6-7-21(11)14-5-4-10(17)9-18-14/h4-5,8-9,11H,6-7H2,1-3H3,(H,19,20,22)/t11-/m0/s1. The zero-order valence-corrected chi connectivity index (χ0v) is 14.1. The second kappa shape index (κ2) is 5.85. The second-order valence-electron chi connectivity index (χ2n) is 6.65. The Kier molecular flexibility index (Phi) is 4.02.